The van der Waals surface area contributed by atoms with Crippen LogP contribution < -0.4 is 4.90 Å². The summed E-state index contributed by atoms with van der Waals surface area (Å²) in [5, 5.41) is 6.39. The fourth-order valence-corrected chi connectivity index (χ4v) is 9.68. The molecule has 0 N–H and O–H groups in total. The van der Waals surface area contributed by atoms with Crippen LogP contribution in [0.1, 0.15) is 0 Å². The lowest BCUT2D eigenvalue weighted by atomic mass is 9.93. The first-order valence-electron chi connectivity index (χ1n) is 21.7. The molecule has 4 heteroatoms. The highest BCUT2D eigenvalue weighted by atomic mass is 16.3. The maximum Gasteiger partial charge on any atom is 0.145 e. The second-order valence-corrected chi connectivity index (χ2v) is 16.4. The Bertz CT molecular complexity index is 3790. The van der Waals surface area contributed by atoms with Crippen molar-refractivity contribution in [2.24, 2.45) is 0 Å². The molecule has 0 aliphatic heterocycles. The smallest absolute Gasteiger partial charge is 0.145 e. The van der Waals surface area contributed by atoms with E-state index < -0.39 is 0 Å². The van der Waals surface area contributed by atoms with E-state index in [1.807, 2.05) is 24.3 Å². The molecule has 0 aliphatic rings. The van der Waals surface area contributed by atoms with Gasteiger partial charge in [-0.1, -0.05) is 152 Å². The van der Waals surface area contributed by atoms with E-state index in [1.54, 1.807) is 0 Å². The van der Waals surface area contributed by atoms with Crippen molar-refractivity contribution in [3.05, 3.63) is 224 Å². The molecule has 0 saturated heterocycles. The molecule has 0 aliphatic carbocycles. The largest absolute Gasteiger partial charge is 0.456 e. The van der Waals surface area contributed by atoms with Gasteiger partial charge in [0, 0.05) is 49.4 Å². The average Bonchev–Trinajstić information content (AvgIpc) is 4.07. The van der Waals surface area contributed by atoms with Crippen LogP contribution >= 0.6 is 0 Å². The van der Waals surface area contributed by atoms with Gasteiger partial charge in [0.15, 0.2) is 0 Å². The van der Waals surface area contributed by atoms with Crippen molar-refractivity contribution in [1.29, 1.82) is 0 Å². The van der Waals surface area contributed by atoms with Gasteiger partial charge in [0.05, 0.1) is 11.1 Å². The summed E-state index contributed by atoms with van der Waals surface area (Å²) in [5.41, 5.74) is 16.8. The van der Waals surface area contributed by atoms with E-state index in [0.29, 0.717) is 0 Å². The Morgan fingerprint density at radius 2 is 0.688 bits per heavy atom. The van der Waals surface area contributed by atoms with Crippen molar-refractivity contribution in [2.45, 2.75) is 0 Å². The molecule has 10 aromatic carbocycles. The van der Waals surface area contributed by atoms with Gasteiger partial charge in [-0.15, -0.1) is 0 Å². The van der Waals surface area contributed by atoms with Crippen molar-refractivity contribution in [3.8, 4) is 44.5 Å². The van der Waals surface area contributed by atoms with Crippen LogP contribution in [0.2, 0.25) is 0 Å². The van der Waals surface area contributed by atoms with Gasteiger partial charge in [-0.3, -0.25) is 0 Å². The molecule has 4 nitrogen and oxygen atoms in total. The normalized spacial score (nSPS) is 11.8. The molecule has 13 aromatic rings. The molecule has 0 spiro atoms. The molecule has 3 aromatic heterocycles. The summed E-state index contributed by atoms with van der Waals surface area (Å²) in [6.45, 7) is 0. The molecule has 64 heavy (non-hydrogen) atoms. The molecule has 0 unspecified atom stereocenters. The lowest BCUT2D eigenvalue weighted by Gasteiger charge is -2.27. The predicted molar refractivity (Wildman–Crippen MR) is 265 cm³/mol. The zero-order valence-corrected chi connectivity index (χ0v) is 34.5. The standard InChI is InChI=1S/C60H37NO3/c1-3-13-38(14-4-1)40-23-28-43(29-24-40)61(44-30-25-41(26-31-44)39-15-5-2-6-16-39)52-36-35-49(60-58(52)51-19-9-12-22-55(51)64-60)48-34-33-45(57-50-18-8-11-21-54(50)63-59(48)57)42-27-32-47-46-17-7-10-20-53(46)62-56(47)37-42/h1-37H. The van der Waals surface area contributed by atoms with Gasteiger partial charge in [0.25, 0.3) is 0 Å². The molecular weight excluding hydrogens is 783 g/mol. The van der Waals surface area contributed by atoms with E-state index in [2.05, 4.69) is 205 Å². The second-order valence-electron chi connectivity index (χ2n) is 16.4. The third-order valence-corrected chi connectivity index (χ3v) is 12.7. The van der Waals surface area contributed by atoms with Crippen LogP contribution in [-0.2, 0) is 0 Å². The summed E-state index contributed by atoms with van der Waals surface area (Å²) >= 11 is 0. The minimum absolute atomic E-state index is 0.795. The first-order chi connectivity index (χ1) is 31.7. The van der Waals surface area contributed by atoms with E-state index in [-0.39, 0.29) is 0 Å². The van der Waals surface area contributed by atoms with Crippen LogP contribution in [0.15, 0.2) is 238 Å². The summed E-state index contributed by atoms with van der Waals surface area (Å²) in [5.74, 6) is 0. The topological polar surface area (TPSA) is 42.7 Å². The first-order valence-corrected chi connectivity index (χ1v) is 21.7. The minimum atomic E-state index is 0.795. The molecule has 0 radical (unpaired) electrons. The minimum Gasteiger partial charge on any atom is -0.456 e. The Kier molecular flexibility index (Phi) is 8.18. The Balaban J connectivity index is 1.02. The maximum absolute atomic E-state index is 6.99. The summed E-state index contributed by atoms with van der Waals surface area (Å²) in [6, 6.07) is 79.0. The van der Waals surface area contributed by atoms with Gasteiger partial charge in [-0.25, -0.2) is 0 Å². The second kappa shape index (κ2) is 14.5. The van der Waals surface area contributed by atoms with E-state index in [0.717, 1.165) is 116 Å². The SMILES string of the molecule is c1ccc(-c2ccc(N(c3ccc(-c4ccccc4)cc3)c3ccc(-c4ccc(-c5ccc6c(c5)oc5ccccc56)c5c4oc4ccccc45)c4oc5ccccc5c34)cc2)cc1. The Morgan fingerprint density at radius 3 is 1.28 bits per heavy atom. The van der Waals surface area contributed by atoms with Gasteiger partial charge in [-0.05, 0) is 106 Å². The number of fused-ring (bicyclic) bond motifs is 9. The van der Waals surface area contributed by atoms with Gasteiger partial charge >= 0.3 is 0 Å². The highest BCUT2D eigenvalue weighted by Crippen LogP contribution is 2.49. The van der Waals surface area contributed by atoms with Crippen molar-refractivity contribution in [3.63, 3.8) is 0 Å². The molecule has 0 atom stereocenters. The molecule has 0 saturated carbocycles. The zero-order valence-electron chi connectivity index (χ0n) is 34.5. The van der Waals surface area contributed by atoms with Crippen LogP contribution in [0, 0.1) is 0 Å². The molecule has 0 amide bonds. The summed E-state index contributed by atoms with van der Waals surface area (Å²) in [7, 11) is 0. The number of furan rings is 3. The molecular formula is C60H37NO3. The molecule has 300 valence electrons. The van der Waals surface area contributed by atoms with Gasteiger partial charge in [-0.2, -0.15) is 0 Å². The number of benzene rings is 10. The third kappa shape index (κ3) is 5.77. The Hall–Kier alpha value is -8.60. The number of para-hydroxylation sites is 3. The molecule has 3 heterocycles. The number of anilines is 3. The highest BCUT2D eigenvalue weighted by Gasteiger charge is 2.25. The predicted octanol–water partition coefficient (Wildman–Crippen LogP) is 17.5. The van der Waals surface area contributed by atoms with Gasteiger partial charge < -0.3 is 18.2 Å². The number of rotatable bonds is 7. The number of hydrogen-bond donors (Lipinski definition) is 0. The molecule has 0 fully saturated rings. The molecule has 0 bridgehead atoms. The van der Waals surface area contributed by atoms with Crippen molar-refractivity contribution >= 4 is 82.9 Å². The van der Waals surface area contributed by atoms with Crippen LogP contribution in [0.3, 0.4) is 0 Å². The number of hydrogen-bond acceptors (Lipinski definition) is 4. The van der Waals surface area contributed by atoms with Gasteiger partial charge in [0.2, 0.25) is 0 Å². The fraction of sp³-hybridized carbons (Fsp3) is 0. The van der Waals surface area contributed by atoms with Crippen molar-refractivity contribution in [1.82, 2.24) is 0 Å². The van der Waals surface area contributed by atoms with Crippen LogP contribution in [0.5, 0.6) is 0 Å². The Morgan fingerprint density at radius 1 is 0.266 bits per heavy atom. The summed E-state index contributed by atoms with van der Waals surface area (Å²) < 4.78 is 20.3. The van der Waals surface area contributed by atoms with Crippen LogP contribution in [-0.4, -0.2) is 0 Å². The quantitative estimate of drug-likeness (QED) is 0.161. The lowest BCUT2D eigenvalue weighted by molar-refractivity contribution is 0.665. The van der Waals surface area contributed by atoms with Crippen molar-refractivity contribution in [2.75, 3.05) is 4.90 Å². The monoisotopic (exact) mass is 819 g/mol. The van der Waals surface area contributed by atoms with E-state index in [9.17, 15) is 0 Å². The zero-order chi connectivity index (χ0) is 42.1. The van der Waals surface area contributed by atoms with Gasteiger partial charge in [0.1, 0.15) is 33.5 Å². The summed E-state index contributed by atoms with van der Waals surface area (Å²) in [4.78, 5) is 2.35. The fourth-order valence-electron chi connectivity index (χ4n) is 9.68. The highest BCUT2D eigenvalue weighted by molar-refractivity contribution is 6.21. The average molecular weight is 820 g/mol. The maximum atomic E-state index is 6.99. The van der Waals surface area contributed by atoms with Crippen LogP contribution in [0.4, 0.5) is 17.1 Å². The molecule has 13 rings (SSSR count). The van der Waals surface area contributed by atoms with Crippen molar-refractivity contribution < 1.29 is 13.3 Å². The van der Waals surface area contributed by atoms with Crippen LogP contribution in [0.25, 0.3) is 110 Å². The Labute approximate surface area is 368 Å². The third-order valence-electron chi connectivity index (χ3n) is 12.7. The summed E-state index contributed by atoms with van der Waals surface area (Å²) in [6.07, 6.45) is 0. The van der Waals surface area contributed by atoms with E-state index >= 15 is 0 Å². The van der Waals surface area contributed by atoms with E-state index in [1.165, 1.54) is 11.1 Å². The lowest BCUT2D eigenvalue weighted by Crippen LogP contribution is -2.10. The number of nitrogens with zero attached hydrogens (tertiary/aromatic N) is 1. The first kappa shape index (κ1) is 36.1. The van der Waals surface area contributed by atoms with E-state index in [4.69, 9.17) is 13.3 Å².